The van der Waals surface area contributed by atoms with Crippen LogP contribution in [-0.4, -0.2) is 6.61 Å². The highest BCUT2D eigenvalue weighted by Crippen LogP contribution is 2.23. The molecule has 0 saturated heterocycles. The summed E-state index contributed by atoms with van der Waals surface area (Å²) in [5, 5.41) is 0. The molecule has 0 N–H and O–H groups in total. The third kappa shape index (κ3) is 19.5. The monoisotopic (exact) mass is 522 g/mol. The summed E-state index contributed by atoms with van der Waals surface area (Å²) in [7, 11) is 0. The topological polar surface area (TPSA) is 9.23 Å². The van der Waals surface area contributed by atoms with Crippen molar-refractivity contribution in [2.75, 3.05) is 6.61 Å². The fraction of sp³-hybridized carbons (Fsp3) is 0.806. The van der Waals surface area contributed by atoms with Crippen molar-refractivity contribution in [3.05, 3.63) is 28.7 Å². The number of halogens is 1. The van der Waals surface area contributed by atoms with Crippen LogP contribution in [0, 0.1) is 5.92 Å². The van der Waals surface area contributed by atoms with Gasteiger partial charge in [-0.15, -0.1) is 0 Å². The van der Waals surface area contributed by atoms with Gasteiger partial charge in [0.1, 0.15) is 5.75 Å². The van der Waals surface area contributed by atoms with Crippen molar-refractivity contribution < 1.29 is 4.74 Å². The zero-order valence-electron chi connectivity index (χ0n) is 22.2. The van der Waals surface area contributed by atoms with Crippen LogP contribution in [0.3, 0.4) is 0 Å². The summed E-state index contributed by atoms with van der Waals surface area (Å²) in [6.45, 7) is 5.46. The molecule has 0 bridgehead atoms. The first-order valence-electron chi connectivity index (χ1n) is 14.6. The Morgan fingerprint density at radius 2 is 0.939 bits per heavy atom. The molecule has 1 unspecified atom stereocenters. The van der Waals surface area contributed by atoms with Gasteiger partial charge in [-0.25, -0.2) is 0 Å². The van der Waals surface area contributed by atoms with Gasteiger partial charge < -0.3 is 4.74 Å². The molecule has 0 heterocycles. The van der Waals surface area contributed by atoms with Crippen molar-refractivity contribution in [3.8, 4) is 5.75 Å². The Morgan fingerprint density at radius 1 is 0.545 bits per heavy atom. The molecule has 33 heavy (non-hydrogen) atoms. The predicted octanol–water partition coefficient (Wildman–Crippen LogP) is 11.7. The van der Waals surface area contributed by atoms with E-state index in [1.807, 2.05) is 0 Å². The van der Waals surface area contributed by atoms with Gasteiger partial charge in [0.25, 0.3) is 0 Å². The molecule has 1 aromatic carbocycles. The lowest BCUT2D eigenvalue weighted by atomic mass is 9.91. The number of rotatable bonds is 24. The smallest absolute Gasteiger partial charge is 0.119 e. The molecule has 192 valence electrons. The first-order chi connectivity index (χ1) is 16.3. The molecule has 0 radical (unpaired) electrons. The highest BCUT2D eigenvalue weighted by atomic mass is 79.9. The van der Waals surface area contributed by atoms with Gasteiger partial charge in [0.2, 0.25) is 0 Å². The molecule has 0 amide bonds. The molecule has 2 heteroatoms. The van der Waals surface area contributed by atoms with Gasteiger partial charge in [-0.3, -0.25) is 0 Å². The number of unbranched alkanes of at least 4 members (excludes halogenated alkanes) is 16. The van der Waals surface area contributed by atoms with Crippen molar-refractivity contribution >= 4 is 15.9 Å². The first-order valence-corrected chi connectivity index (χ1v) is 15.4. The molecule has 0 aliphatic carbocycles. The minimum absolute atomic E-state index is 0.842. The van der Waals surface area contributed by atoms with Gasteiger partial charge in [0.05, 0.1) is 6.61 Å². The normalized spacial score (nSPS) is 12.2. The molecule has 0 saturated carbocycles. The SMILES string of the molecule is CCCCCCCCCCCCC(CCCCCCCCCC)CCOc1ccc(Br)cc1. The quantitative estimate of drug-likeness (QED) is 0.122. The second kappa shape index (κ2) is 23.3. The molecule has 0 fully saturated rings. The van der Waals surface area contributed by atoms with Crippen LogP contribution in [0.2, 0.25) is 0 Å². The molecule has 0 spiro atoms. The third-order valence-electron chi connectivity index (χ3n) is 7.04. The zero-order valence-corrected chi connectivity index (χ0v) is 23.8. The molecule has 0 aliphatic rings. The zero-order chi connectivity index (χ0) is 23.8. The van der Waals surface area contributed by atoms with Gasteiger partial charge >= 0.3 is 0 Å². The van der Waals surface area contributed by atoms with Crippen LogP contribution >= 0.6 is 15.9 Å². The number of ether oxygens (including phenoxy) is 1. The molecule has 0 aromatic heterocycles. The van der Waals surface area contributed by atoms with E-state index in [1.54, 1.807) is 0 Å². The van der Waals surface area contributed by atoms with Crippen molar-refractivity contribution in [1.82, 2.24) is 0 Å². The summed E-state index contributed by atoms with van der Waals surface area (Å²) in [4.78, 5) is 0. The minimum atomic E-state index is 0.842. The van der Waals surface area contributed by atoms with Crippen molar-refractivity contribution in [2.24, 2.45) is 5.92 Å². The third-order valence-corrected chi connectivity index (χ3v) is 7.57. The second-order valence-corrected chi connectivity index (χ2v) is 11.1. The second-order valence-electron chi connectivity index (χ2n) is 10.2. The van der Waals surface area contributed by atoms with Crippen molar-refractivity contribution in [3.63, 3.8) is 0 Å². The number of hydrogen-bond acceptors (Lipinski definition) is 1. The Labute approximate surface area is 216 Å². The molecule has 1 rings (SSSR count). The maximum absolute atomic E-state index is 6.05. The summed E-state index contributed by atoms with van der Waals surface area (Å²) < 4.78 is 7.17. The van der Waals surface area contributed by atoms with Gasteiger partial charge in [0.15, 0.2) is 0 Å². The molecule has 0 aliphatic heterocycles. The molecule has 1 atom stereocenters. The summed E-state index contributed by atoms with van der Waals surface area (Å²) in [5.74, 6) is 1.84. The molecule has 1 nitrogen and oxygen atoms in total. The highest BCUT2D eigenvalue weighted by Gasteiger charge is 2.09. The van der Waals surface area contributed by atoms with Crippen LogP contribution in [0.15, 0.2) is 28.7 Å². The lowest BCUT2D eigenvalue weighted by Crippen LogP contribution is -2.08. The lowest BCUT2D eigenvalue weighted by Gasteiger charge is -2.17. The van der Waals surface area contributed by atoms with E-state index in [1.165, 1.54) is 135 Å². The largest absolute Gasteiger partial charge is 0.494 e. The van der Waals surface area contributed by atoms with Crippen LogP contribution < -0.4 is 4.74 Å². The van der Waals surface area contributed by atoms with Gasteiger partial charge in [-0.2, -0.15) is 0 Å². The average Bonchev–Trinajstić information content (AvgIpc) is 2.82. The highest BCUT2D eigenvalue weighted by molar-refractivity contribution is 9.10. The Kier molecular flexibility index (Phi) is 21.5. The maximum atomic E-state index is 6.05. The van der Waals surface area contributed by atoms with Crippen LogP contribution in [-0.2, 0) is 0 Å². The standard InChI is InChI=1S/C31H55BrO/c1-3-5-7-9-11-13-14-16-18-20-22-29(21-19-17-15-12-10-8-6-4-2)27-28-33-31-25-23-30(32)24-26-31/h23-26,29H,3-22,27-28H2,1-2H3. The van der Waals surface area contributed by atoms with Gasteiger partial charge in [0, 0.05) is 4.47 Å². The van der Waals surface area contributed by atoms with E-state index in [0.29, 0.717) is 0 Å². The van der Waals surface area contributed by atoms with E-state index in [9.17, 15) is 0 Å². The fourth-order valence-electron chi connectivity index (χ4n) is 4.79. The van der Waals surface area contributed by atoms with Crippen LogP contribution in [0.5, 0.6) is 5.75 Å². The van der Waals surface area contributed by atoms with E-state index in [4.69, 9.17) is 4.74 Å². The van der Waals surface area contributed by atoms with Gasteiger partial charge in [-0.05, 0) is 36.6 Å². The Hall–Kier alpha value is -0.500. The molecule has 1 aromatic rings. The minimum Gasteiger partial charge on any atom is -0.494 e. The fourth-order valence-corrected chi connectivity index (χ4v) is 5.06. The molecular weight excluding hydrogens is 468 g/mol. The van der Waals surface area contributed by atoms with E-state index in [2.05, 4.69) is 54.0 Å². The number of benzene rings is 1. The van der Waals surface area contributed by atoms with E-state index in [-0.39, 0.29) is 0 Å². The Bertz CT molecular complexity index is 512. The summed E-state index contributed by atoms with van der Waals surface area (Å²) in [5.41, 5.74) is 0. The van der Waals surface area contributed by atoms with Crippen LogP contribution in [0.25, 0.3) is 0 Å². The van der Waals surface area contributed by atoms with Crippen LogP contribution in [0.4, 0.5) is 0 Å². The van der Waals surface area contributed by atoms with Crippen molar-refractivity contribution in [2.45, 2.75) is 149 Å². The van der Waals surface area contributed by atoms with Gasteiger partial charge in [-0.1, -0.05) is 158 Å². The van der Waals surface area contributed by atoms with E-state index in [0.717, 1.165) is 22.7 Å². The van der Waals surface area contributed by atoms with E-state index >= 15 is 0 Å². The first kappa shape index (κ1) is 30.5. The van der Waals surface area contributed by atoms with Crippen LogP contribution in [0.1, 0.15) is 149 Å². The number of hydrogen-bond donors (Lipinski definition) is 0. The summed E-state index contributed by atoms with van der Waals surface area (Å²) in [6, 6.07) is 8.27. The predicted molar refractivity (Wildman–Crippen MR) is 151 cm³/mol. The van der Waals surface area contributed by atoms with Crippen molar-refractivity contribution in [1.29, 1.82) is 0 Å². The maximum Gasteiger partial charge on any atom is 0.119 e. The van der Waals surface area contributed by atoms with E-state index < -0.39 is 0 Å². The summed E-state index contributed by atoms with van der Waals surface area (Å²) in [6.07, 6.45) is 29.7. The average molecular weight is 524 g/mol. The molecular formula is C31H55BrO. The Balaban J connectivity index is 2.18. The summed E-state index contributed by atoms with van der Waals surface area (Å²) >= 11 is 3.50. The lowest BCUT2D eigenvalue weighted by molar-refractivity contribution is 0.259. The Morgan fingerprint density at radius 3 is 1.36 bits per heavy atom.